The number of carboxylic acids is 1. The molecule has 0 unspecified atom stereocenters. The maximum absolute atomic E-state index is 10.5. The number of nitrogens with zero attached hydrogens (tertiary/aromatic N) is 2. The highest BCUT2D eigenvalue weighted by atomic mass is 16.4. The van der Waals surface area contributed by atoms with Crippen LogP contribution in [0, 0.1) is 0 Å². The molecule has 0 radical (unpaired) electrons. The molecule has 0 atom stereocenters. The summed E-state index contributed by atoms with van der Waals surface area (Å²) < 4.78 is 2.13. The van der Waals surface area contributed by atoms with Gasteiger partial charge in [-0.25, -0.2) is 9.78 Å². The zero-order valence-corrected chi connectivity index (χ0v) is 11.5. The number of hydrogen-bond donors (Lipinski definition) is 1. The second-order valence-corrected chi connectivity index (χ2v) is 4.64. The van der Waals surface area contributed by atoms with Gasteiger partial charge in [-0.1, -0.05) is 25.1 Å². The summed E-state index contributed by atoms with van der Waals surface area (Å²) in [6.07, 6.45) is 8.58. The van der Waals surface area contributed by atoms with Crippen LogP contribution in [0.2, 0.25) is 0 Å². The molecule has 0 saturated carbocycles. The van der Waals surface area contributed by atoms with Gasteiger partial charge in [0.1, 0.15) is 5.82 Å². The summed E-state index contributed by atoms with van der Waals surface area (Å²) in [5, 5.41) is 8.65. The van der Waals surface area contributed by atoms with Gasteiger partial charge >= 0.3 is 5.97 Å². The molecule has 2 aromatic rings. The van der Waals surface area contributed by atoms with Crippen molar-refractivity contribution in [3.63, 3.8) is 0 Å². The van der Waals surface area contributed by atoms with Gasteiger partial charge < -0.3 is 9.67 Å². The van der Waals surface area contributed by atoms with Gasteiger partial charge in [0.25, 0.3) is 0 Å². The number of aliphatic carboxylic acids is 1. The fourth-order valence-electron chi connectivity index (χ4n) is 2.10. The molecule has 1 aromatic carbocycles. The van der Waals surface area contributed by atoms with E-state index in [-0.39, 0.29) is 0 Å². The van der Waals surface area contributed by atoms with Crippen molar-refractivity contribution in [2.45, 2.75) is 26.3 Å². The largest absolute Gasteiger partial charge is 0.478 e. The summed E-state index contributed by atoms with van der Waals surface area (Å²) in [6, 6.07) is 7.86. The van der Waals surface area contributed by atoms with Crippen LogP contribution in [0.25, 0.3) is 6.08 Å². The summed E-state index contributed by atoms with van der Waals surface area (Å²) in [5.74, 6) is 0.147. The van der Waals surface area contributed by atoms with Gasteiger partial charge in [0.05, 0.1) is 0 Å². The lowest BCUT2D eigenvalue weighted by Crippen LogP contribution is -2.04. The maximum atomic E-state index is 10.5. The highest BCUT2D eigenvalue weighted by molar-refractivity contribution is 5.85. The molecule has 0 aliphatic heterocycles. The van der Waals surface area contributed by atoms with Crippen LogP contribution in [0.15, 0.2) is 42.7 Å². The smallest absolute Gasteiger partial charge is 0.328 e. The van der Waals surface area contributed by atoms with E-state index >= 15 is 0 Å². The lowest BCUT2D eigenvalue weighted by Gasteiger charge is -2.08. The molecule has 0 amide bonds. The molecular weight excluding hydrogens is 252 g/mol. The van der Waals surface area contributed by atoms with Crippen molar-refractivity contribution in [1.82, 2.24) is 9.55 Å². The van der Waals surface area contributed by atoms with Crippen LogP contribution < -0.4 is 0 Å². The zero-order valence-electron chi connectivity index (χ0n) is 11.5. The quantitative estimate of drug-likeness (QED) is 0.821. The van der Waals surface area contributed by atoms with Crippen LogP contribution in [-0.4, -0.2) is 20.6 Å². The van der Waals surface area contributed by atoms with Crippen LogP contribution in [0.5, 0.6) is 0 Å². The van der Waals surface area contributed by atoms with E-state index in [0.717, 1.165) is 42.4 Å². The molecule has 0 aliphatic carbocycles. The van der Waals surface area contributed by atoms with Gasteiger partial charge in [0.2, 0.25) is 0 Å². The first-order valence-corrected chi connectivity index (χ1v) is 6.69. The first-order chi connectivity index (χ1) is 9.69. The van der Waals surface area contributed by atoms with Crippen molar-refractivity contribution in [2.24, 2.45) is 0 Å². The molecule has 1 N–H and O–H groups in total. The van der Waals surface area contributed by atoms with Gasteiger partial charge in [-0.05, 0) is 29.7 Å². The molecule has 0 saturated heterocycles. The summed E-state index contributed by atoms with van der Waals surface area (Å²) in [6.45, 7) is 2.89. The molecule has 0 aliphatic rings. The minimum atomic E-state index is -0.935. The molecule has 2 rings (SSSR count). The molecule has 0 fully saturated rings. The number of aromatic nitrogens is 2. The van der Waals surface area contributed by atoms with Crippen LogP contribution in [0.4, 0.5) is 0 Å². The Hall–Kier alpha value is -2.36. The Morgan fingerprint density at radius 1 is 1.45 bits per heavy atom. The Kier molecular flexibility index (Phi) is 4.71. The van der Waals surface area contributed by atoms with Gasteiger partial charge in [-0.2, -0.15) is 0 Å². The predicted octanol–water partition coefficient (Wildman–Crippen LogP) is 2.98. The maximum Gasteiger partial charge on any atom is 0.328 e. The number of rotatable bonds is 6. The van der Waals surface area contributed by atoms with Crippen LogP contribution in [0.3, 0.4) is 0 Å². The second-order valence-electron chi connectivity index (χ2n) is 4.64. The first-order valence-electron chi connectivity index (χ1n) is 6.69. The zero-order chi connectivity index (χ0) is 14.4. The van der Waals surface area contributed by atoms with E-state index < -0.39 is 5.97 Å². The van der Waals surface area contributed by atoms with Crippen molar-refractivity contribution in [3.05, 3.63) is 59.7 Å². The van der Waals surface area contributed by atoms with E-state index in [2.05, 4.69) is 16.5 Å². The number of imidazole rings is 1. The summed E-state index contributed by atoms with van der Waals surface area (Å²) in [7, 11) is 0. The summed E-state index contributed by atoms with van der Waals surface area (Å²) in [4.78, 5) is 14.9. The van der Waals surface area contributed by atoms with Gasteiger partial charge in [-0.3, -0.25) is 0 Å². The fraction of sp³-hybridized carbons (Fsp3) is 0.250. The summed E-state index contributed by atoms with van der Waals surface area (Å²) >= 11 is 0. The van der Waals surface area contributed by atoms with E-state index in [1.54, 1.807) is 6.08 Å². The van der Waals surface area contributed by atoms with Gasteiger partial charge in [-0.15, -0.1) is 0 Å². The molecular formula is C16H18N2O2. The minimum Gasteiger partial charge on any atom is -0.478 e. The van der Waals surface area contributed by atoms with Crippen molar-refractivity contribution < 1.29 is 9.90 Å². The van der Waals surface area contributed by atoms with Gasteiger partial charge in [0, 0.05) is 31.4 Å². The molecule has 0 spiro atoms. The van der Waals surface area contributed by atoms with Gasteiger partial charge in [0.15, 0.2) is 0 Å². The number of carboxylic acid groups (broad SMARTS) is 1. The van der Waals surface area contributed by atoms with E-state index in [1.807, 2.05) is 36.7 Å². The van der Waals surface area contributed by atoms with Crippen LogP contribution >= 0.6 is 0 Å². The van der Waals surface area contributed by atoms with Crippen molar-refractivity contribution in [2.75, 3.05) is 0 Å². The van der Waals surface area contributed by atoms with E-state index in [9.17, 15) is 4.79 Å². The van der Waals surface area contributed by atoms with Crippen molar-refractivity contribution in [1.29, 1.82) is 0 Å². The lowest BCUT2D eigenvalue weighted by atomic mass is 10.1. The lowest BCUT2D eigenvalue weighted by molar-refractivity contribution is -0.131. The first kappa shape index (κ1) is 14.1. The Balaban J connectivity index is 2.15. The van der Waals surface area contributed by atoms with E-state index in [4.69, 9.17) is 5.11 Å². The Morgan fingerprint density at radius 2 is 2.30 bits per heavy atom. The average molecular weight is 270 g/mol. The normalized spacial score (nSPS) is 11.1. The highest BCUT2D eigenvalue weighted by Crippen LogP contribution is 2.11. The average Bonchev–Trinajstić information content (AvgIpc) is 2.85. The SMILES string of the molecule is CCCc1nccn1Cc1cccc(C=CC(=O)O)c1. The predicted molar refractivity (Wildman–Crippen MR) is 78.4 cm³/mol. The number of aryl methyl sites for hydroxylation is 1. The highest BCUT2D eigenvalue weighted by Gasteiger charge is 2.02. The topological polar surface area (TPSA) is 55.1 Å². The number of benzene rings is 1. The van der Waals surface area contributed by atoms with E-state index in [0.29, 0.717) is 0 Å². The molecule has 4 heteroatoms. The Labute approximate surface area is 118 Å². The van der Waals surface area contributed by atoms with Crippen molar-refractivity contribution >= 4 is 12.0 Å². The van der Waals surface area contributed by atoms with E-state index in [1.165, 1.54) is 0 Å². The molecule has 104 valence electrons. The fourth-order valence-corrected chi connectivity index (χ4v) is 2.10. The third-order valence-electron chi connectivity index (χ3n) is 3.00. The third-order valence-corrected chi connectivity index (χ3v) is 3.00. The summed E-state index contributed by atoms with van der Waals surface area (Å²) in [5.41, 5.74) is 2.02. The second kappa shape index (κ2) is 6.70. The Bertz CT molecular complexity index is 614. The monoisotopic (exact) mass is 270 g/mol. The number of hydrogen-bond acceptors (Lipinski definition) is 2. The Morgan fingerprint density at radius 3 is 3.05 bits per heavy atom. The molecule has 4 nitrogen and oxygen atoms in total. The molecule has 1 heterocycles. The molecule has 0 bridgehead atoms. The molecule has 20 heavy (non-hydrogen) atoms. The minimum absolute atomic E-state index is 0.754. The van der Waals surface area contributed by atoms with Crippen LogP contribution in [0.1, 0.15) is 30.3 Å². The molecule has 1 aromatic heterocycles. The standard InChI is InChI=1S/C16H18N2O2/c1-2-4-15-17-9-10-18(15)12-14-6-3-5-13(11-14)7-8-16(19)20/h3,5-11H,2,4,12H2,1H3,(H,19,20). The third kappa shape index (κ3) is 3.82. The number of carbonyl (C=O) groups is 1. The van der Waals surface area contributed by atoms with Crippen LogP contribution in [-0.2, 0) is 17.8 Å². The van der Waals surface area contributed by atoms with Crippen molar-refractivity contribution in [3.8, 4) is 0 Å².